The number of rotatable bonds is 4. The monoisotopic (exact) mass is 283 g/mol. The first-order valence-corrected chi connectivity index (χ1v) is 5.62. The van der Waals surface area contributed by atoms with Gasteiger partial charge >= 0.3 is 5.97 Å². The second-order valence-corrected chi connectivity index (χ2v) is 4.30. The molecule has 0 fully saturated rings. The number of halogens is 1. The summed E-state index contributed by atoms with van der Waals surface area (Å²) in [7, 11) is 3.27. The SMILES string of the molecule is COC(=O)C=CN(C)Cc1ccc(Br)cc1. The first kappa shape index (κ1) is 12.8. The van der Waals surface area contributed by atoms with Gasteiger partial charge in [0.25, 0.3) is 0 Å². The Morgan fingerprint density at radius 2 is 2.06 bits per heavy atom. The molecule has 0 unspecified atom stereocenters. The van der Waals surface area contributed by atoms with Crippen molar-refractivity contribution in [2.75, 3.05) is 14.2 Å². The predicted molar refractivity (Wildman–Crippen MR) is 66.8 cm³/mol. The standard InChI is InChI=1S/C12H14BrNO2/c1-14(8-7-12(15)16-2)9-10-3-5-11(13)6-4-10/h3-8H,9H2,1-2H3. The Labute approximate surface area is 104 Å². The minimum atomic E-state index is -0.345. The van der Waals surface area contributed by atoms with Gasteiger partial charge in [0.05, 0.1) is 7.11 Å². The summed E-state index contributed by atoms with van der Waals surface area (Å²) in [6.45, 7) is 0.751. The molecule has 1 aromatic carbocycles. The Bertz CT molecular complexity index is 373. The van der Waals surface area contributed by atoms with Crippen LogP contribution >= 0.6 is 15.9 Å². The van der Waals surface area contributed by atoms with Crippen molar-refractivity contribution in [2.24, 2.45) is 0 Å². The number of esters is 1. The van der Waals surface area contributed by atoms with Crippen LogP contribution in [0.2, 0.25) is 0 Å². The van der Waals surface area contributed by atoms with Crippen molar-refractivity contribution >= 4 is 21.9 Å². The lowest BCUT2D eigenvalue weighted by molar-refractivity contribution is -0.134. The molecule has 0 spiro atoms. The van der Waals surface area contributed by atoms with Crippen molar-refractivity contribution in [3.8, 4) is 0 Å². The smallest absolute Gasteiger partial charge is 0.331 e. The number of methoxy groups -OCH3 is 1. The van der Waals surface area contributed by atoms with E-state index in [1.807, 2.05) is 36.2 Å². The number of carbonyl (C=O) groups excluding carboxylic acids is 1. The second kappa shape index (κ2) is 6.33. The van der Waals surface area contributed by atoms with Gasteiger partial charge in [0.1, 0.15) is 0 Å². The number of carbonyl (C=O) groups is 1. The molecule has 0 radical (unpaired) electrons. The van der Waals surface area contributed by atoms with Crippen LogP contribution < -0.4 is 0 Å². The van der Waals surface area contributed by atoms with E-state index in [0.717, 1.165) is 11.0 Å². The zero-order chi connectivity index (χ0) is 12.0. The van der Waals surface area contributed by atoms with Crippen molar-refractivity contribution < 1.29 is 9.53 Å². The van der Waals surface area contributed by atoms with Crippen molar-refractivity contribution in [2.45, 2.75) is 6.54 Å². The molecular formula is C12H14BrNO2. The van der Waals surface area contributed by atoms with E-state index in [2.05, 4.69) is 20.7 Å². The molecule has 0 heterocycles. The molecule has 16 heavy (non-hydrogen) atoms. The quantitative estimate of drug-likeness (QED) is 0.628. The minimum Gasteiger partial charge on any atom is -0.466 e. The molecule has 0 atom stereocenters. The maximum atomic E-state index is 10.9. The van der Waals surface area contributed by atoms with Gasteiger partial charge in [-0.1, -0.05) is 28.1 Å². The summed E-state index contributed by atoms with van der Waals surface area (Å²) in [6, 6.07) is 8.06. The third-order valence-corrected chi connectivity index (χ3v) is 2.54. The summed E-state index contributed by atoms with van der Waals surface area (Å²) in [4.78, 5) is 12.8. The lowest BCUT2D eigenvalue weighted by Crippen LogP contribution is -2.11. The summed E-state index contributed by atoms with van der Waals surface area (Å²) in [6.07, 6.45) is 3.10. The summed E-state index contributed by atoms with van der Waals surface area (Å²) in [5.74, 6) is -0.345. The van der Waals surface area contributed by atoms with Crippen LogP contribution in [-0.4, -0.2) is 25.0 Å². The van der Waals surface area contributed by atoms with Crippen LogP contribution in [0, 0.1) is 0 Å². The number of ether oxygens (including phenoxy) is 1. The number of hydrogen-bond donors (Lipinski definition) is 0. The van der Waals surface area contributed by atoms with E-state index in [1.54, 1.807) is 6.20 Å². The summed E-state index contributed by atoms with van der Waals surface area (Å²) < 4.78 is 5.57. The highest BCUT2D eigenvalue weighted by Crippen LogP contribution is 2.11. The maximum Gasteiger partial charge on any atom is 0.331 e. The molecule has 0 saturated heterocycles. The van der Waals surface area contributed by atoms with E-state index in [0.29, 0.717) is 0 Å². The largest absolute Gasteiger partial charge is 0.466 e. The van der Waals surface area contributed by atoms with Gasteiger partial charge in [-0.15, -0.1) is 0 Å². The van der Waals surface area contributed by atoms with E-state index < -0.39 is 0 Å². The number of hydrogen-bond acceptors (Lipinski definition) is 3. The predicted octanol–water partition coefficient (Wildman–Crippen LogP) is 2.57. The third kappa shape index (κ3) is 4.49. The molecular weight excluding hydrogens is 270 g/mol. The molecule has 1 rings (SSSR count). The molecule has 0 aliphatic carbocycles. The van der Waals surface area contributed by atoms with Gasteiger partial charge in [-0.3, -0.25) is 0 Å². The molecule has 0 aromatic heterocycles. The van der Waals surface area contributed by atoms with Crippen LogP contribution in [0.5, 0.6) is 0 Å². The first-order valence-electron chi connectivity index (χ1n) is 4.82. The topological polar surface area (TPSA) is 29.5 Å². The Morgan fingerprint density at radius 3 is 2.62 bits per heavy atom. The van der Waals surface area contributed by atoms with Crippen molar-refractivity contribution in [1.82, 2.24) is 4.90 Å². The van der Waals surface area contributed by atoms with Crippen LogP contribution in [0.25, 0.3) is 0 Å². The fourth-order valence-corrected chi connectivity index (χ4v) is 1.45. The first-order chi connectivity index (χ1) is 7.61. The average molecular weight is 284 g/mol. The normalized spacial score (nSPS) is 10.4. The minimum absolute atomic E-state index is 0.345. The molecule has 0 saturated carbocycles. The zero-order valence-corrected chi connectivity index (χ0v) is 10.9. The van der Waals surface area contributed by atoms with Crippen molar-refractivity contribution in [3.05, 3.63) is 46.6 Å². The lowest BCUT2D eigenvalue weighted by Gasteiger charge is -2.13. The van der Waals surface area contributed by atoms with E-state index in [-0.39, 0.29) is 5.97 Å². The van der Waals surface area contributed by atoms with E-state index in [9.17, 15) is 4.79 Å². The van der Waals surface area contributed by atoms with E-state index in [1.165, 1.54) is 18.7 Å². The van der Waals surface area contributed by atoms with Crippen molar-refractivity contribution in [1.29, 1.82) is 0 Å². The maximum absolute atomic E-state index is 10.9. The number of nitrogens with zero attached hydrogens (tertiary/aromatic N) is 1. The van der Waals surface area contributed by atoms with Gasteiger partial charge < -0.3 is 9.64 Å². The van der Waals surface area contributed by atoms with Crippen LogP contribution in [0.3, 0.4) is 0 Å². The Morgan fingerprint density at radius 1 is 1.44 bits per heavy atom. The molecule has 4 heteroatoms. The Hall–Kier alpha value is -1.29. The van der Waals surface area contributed by atoms with Crippen LogP contribution in [0.4, 0.5) is 0 Å². The summed E-state index contributed by atoms with van der Waals surface area (Å²) >= 11 is 3.38. The molecule has 0 bridgehead atoms. The van der Waals surface area contributed by atoms with Gasteiger partial charge in [-0.05, 0) is 17.7 Å². The fourth-order valence-electron chi connectivity index (χ4n) is 1.19. The zero-order valence-electron chi connectivity index (χ0n) is 9.31. The molecule has 3 nitrogen and oxygen atoms in total. The molecule has 0 aliphatic rings. The second-order valence-electron chi connectivity index (χ2n) is 3.38. The molecule has 0 N–H and O–H groups in total. The lowest BCUT2D eigenvalue weighted by atomic mass is 10.2. The van der Waals surface area contributed by atoms with Gasteiger partial charge in [-0.25, -0.2) is 4.79 Å². The van der Waals surface area contributed by atoms with Crippen LogP contribution in [-0.2, 0) is 16.1 Å². The molecule has 86 valence electrons. The highest BCUT2D eigenvalue weighted by atomic mass is 79.9. The Balaban J connectivity index is 2.51. The molecule has 0 aliphatic heterocycles. The Kier molecular flexibility index (Phi) is 5.05. The third-order valence-electron chi connectivity index (χ3n) is 2.01. The molecule has 0 amide bonds. The highest BCUT2D eigenvalue weighted by Gasteiger charge is 1.97. The van der Waals surface area contributed by atoms with Crippen LogP contribution in [0.1, 0.15) is 5.56 Å². The average Bonchev–Trinajstić information content (AvgIpc) is 2.29. The van der Waals surface area contributed by atoms with Gasteiger partial charge in [0.2, 0.25) is 0 Å². The van der Waals surface area contributed by atoms with E-state index in [4.69, 9.17) is 0 Å². The van der Waals surface area contributed by atoms with E-state index >= 15 is 0 Å². The van der Waals surface area contributed by atoms with Crippen LogP contribution in [0.15, 0.2) is 41.0 Å². The van der Waals surface area contributed by atoms with Gasteiger partial charge in [0, 0.05) is 30.3 Å². The molecule has 1 aromatic rings. The van der Waals surface area contributed by atoms with Gasteiger partial charge in [0.15, 0.2) is 0 Å². The van der Waals surface area contributed by atoms with Crippen molar-refractivity contribution in [3.63, 3.8) is 0 Å². The number of benzene rings is 1. The van der Waals surface area contributed by atoms with Gasteiger partial charge in [-0.2, -0.15) is 0 Å². The summed E-state index contributed by atoms with van der Waals surface area (Å²) in [5, 5.41) is 0. The fraction of sp³-hybridized carbons (Fsp3) is 0.250. The summed E-state index contributed by atoms with van der Waals surface area (Å²) in [5.41, 5.74) is 1.18. The highest BCUT2D eigenvalue weighted by molar-refractivity contribution is 9.10.